The molecule has 20 heavy (non-hydrogen) atoms. The maximum Gasteiger partial charge on any atom is 0.303 e. The van der Waals surface area contributed by atoms with Crippen molar-refractivity contribution in [1.82, 2.24) is 0 Å². The number of hydrogen-bond acceptors (Lipinski definition) is 3. The molecule has 0 aromatic heterocycles. The molecule has 0 aliphatic carbocycles. The number of aliphatic carboxylic acids is 1. The van der Waals surface area contributed by atoms with Crippen LogP contribution < -0.4 is 0 Å². The molecule has 0 saturated carbocycles. The lowest BCUT2D eigenvalue weighted by Crippen LogP contribution is -2.11. The van der Waals surface area contributed by atoms with E-state index < -0.39 is 5.97 Å². The number of carbonyl (C=O) groups is 2. The highest BCUT2D eigenvalue weighted by molar-refractivity contribution is 5.66. The fourth-order valence-corrected chi connectivity index (χ4v) is 1.71. The number of carboxylic acids is 1. The van der Waals surface area contributed by atoms with Gasteiger partial charge in [-0.3, -0.25) is 9.59 Å². The van der Waals surface area contributed by atoms with Gasteiger partial charge in [-0.1, -0.05) is 52.4 Å². The molecular formula is C16H32O4. The van der Waals surface area contributed by atoms with E-state index in [0.29, 0.717) is 6.42 Å². The van der Waals surface area contributed by atoms with Crippen molar-refractivity contribution >= 4 is 11.9 Å². The van der Waals surface area contributed by atoms with E-state index in [-0.39, 0.29) is 12.1 Å². The summed E-state index contributed by atoms with van der Waals surface area (Å²) in [7, 11) is 0. The first-order valence-electron chi connectivity index (χ1n) is 7.83. The zero-order valence-electron chi connectivity index (χ0n) is 13.6. The fraction of sp³-hybridized carbons (Fsp3) is 0.875. The van der Waals surface area contributed by atoms with Gasteiger partial charge in [0.05, 0.1) is 6.10 Å². The van der Waals surface area contributed by atoms with Crippen LogP contribution in [0.3, 0.4) is 0 Å². The molecule has 1 N–H and O–H groups in total. The highest BCUT2D eigenvalue weighted by Crippen LogP contribution is 2.04. The minimum absolute atomic E-state index is 0.0949. The minimum atomic E-state index is -0.670. The zero-order chi connectivity index (χ0) is 15.8. The first-order valence-corrected chi connectivity index (χ1v) is 7.83. The fourth-order valence-electron chi connectivity index (χ4n) is 1.71. The summed E-state index contributed by atoms with van der Waals surface area (Å²) in [6.07, 6.45) is 9.25. The smallest absolute Gasteiger partial charge is 0.303 e. The van der Waals surface area contributed by atoms with E-state index in [1.807, 2.05) is 6.92 Å². The predicted molar refractivity (Wildman–Crippen MR) is 81.8 cm³/mol. The van der Waals surface area contributed by atoms with Crippen molar-refractivity contribution in [1.29, 1.82) is 0 Å². The summed E-state index contributed by atoms with van der Waals surface area (Å²) >= 11 is 0. The second-order valence-corrected chi connectivity index (χ2v) is 5.12. The first kappa shape index (κ1) is 21.2. The highest BCUT2D eigenvalue weighted by Gasteiger charge is 2.02. The molecule has 120 valence electrons. The van der Waals surface area contributed by atoms with Gasteiger partial charge in [0.2, 0.25) is 0 Å². The molecule has 0 aliphatic heterocycles. The Morgan fingerprint density at radius 1 is 1.00 bits per heavy atom. The van der Waals surface area contributed by atoms with E-state index in [9.17, 15) is 9.59 Å². The molecule has 0 rings (SSSR count). The van der Waals surface area contributed by atoms with Crippen molar-refractivity contribution in [3.8, 4) is 0 Å². The molecule has 0 aliphatic rings. The maximum absolute atomic E-state index is 10.4. The summed E-state index contributed by atoms with van der Waals surface area (Å²) in [5.74, 6) is -0.847. The number of carbonyl (C=O) groups excluding carboxylic acids is 1. The summed E-state index contributed by atoms with van der Waals surface area (Å²) in [5.41, 5.74) is 0. The monoisotopic (exact) mass is 288 g/mol. The molecule has 0 fully saturated rings. The van der Waals surface area contributed by atoms with E-state index in [2.05, 4.69) is 13.8 Å². The van der Waals surface area contributed by atoms with Gasteiger partial charge in [0.15, 0.2) is 0 Å². The molecular weight excluding hydrogens is 256 g/mol. The van der Waals surface area contributed by atoms with Gasteiger partial charge in [-0.05, 0) is 19.8 Å². The normalized spacial score (nSPS) is 11.2. The predicted octanol–water partition coefficient (Wildman–Crippen LogP) is 4.56. The topological polar surface area (TPSA) is 63.6 Å². The molecule has 0 saturated heterocycles. The Bertz CT molecular complexity index is 239. The second kappa shape index (κ2) is 16.0. The SMILES string of the molecule is CCCCC(C)OC(C)=O.CCCCCCCC(=O)O. The van der Waals surface area contributed by atoms with Crippen LogP contribution in [-0.2, 0) is 14.3 Å². The van der Waals surface area contributed by atoms with Crippen LogP contribution in [0.25, 0.3) is 0 Å². The van der Waals surface area contributed by atoms with Crippen molar-refractivity contribution in [3.63, 3.8) is 0 Å². The summed E-state index contributed by atoms with van der Waals surface area (Å²) in [4.78, 5) is 20.4. The van der Waals surface area contributed by atoms with Crippen molar-refractivity contribution < 1.29 is 19.4 Å². The highest BCUT2D eigenvalue weighted by atomic mass is 16.5. The summed E-state index contributed by atoms with van der Waals surface area (Å²) < 4.78 is 4.91. The van der Waals surface area contributed by atoms with Gasteiger partial charge in [-0.25, -0.2) is 0 Å². The first-order chi connectivity index (χ1) is 9.43. The summed E-state index contributed by atoms with van der Waals surface area (Å²) in [5, 5.41) is 8.27. The van der Waals surface area contributed by atoms with E-state index in [1.54, 1.807) is 0 Å². The largest absolute Gasteiger partial charge is 0.481 e. The van der Waals surface area contributed by atoms with Gasteiger partial charge in [-0.2, -0.15) is 0 Å². The zero-order valence-corrected chi connectivity index (χ0v) is 13.6. The average Bonchev–Trinajstić information content (AvgIpc) is 2.36. The summed E-state index contributed by atoms with van der Waals surface area (Å²) in [6, 6.07) is 0. The van der Waals surface area contributed by atoms with Crippen LogP contribution in [0.4, 0.5) is 0 Å². The van der Waals surface area contributed by atoms with Crippen molar-refractivity contribution in [2.24, 2.45) is 0 Å². The van der Waals surface area contributed by atoms with Gasteiger partial charge in [0.25, 0.3) is 0 Å². The second-order valence-electron chi connectivity index (χ2n) is 5.12. The van der Waals surface area contributed by atoms with Crippen molar-refractivity contribution in [3.05, 3.63) is 0 Å². The third kappa shape index (κ3) is 22.1. The van der Waals surface area contributed by atoms with Crippen LogP contribution in [0.15, 0.2) is 0 Å². The molecule has 1 atom stereocenters. The van der Waals surface area contributed by atoms with Crippen LogP contribution in [0, 0.1) is 0 Å². The number of esters is 1. The van der Waals surface area contributed by atoms with Gasteiger partial charge in [-0.15, -0.1) is 0 Å². The Kier molecular flexibility index (Phi) is 17.0. The quantitative estimate of drug-likeness (QED) is 0.473. The summed E-state index contributed by atoms with van der Waals surface area (Å²) in [6.45, 7) is 7.65. The van der Waals surface area contributed by atoms with Gasteiger partial charge in [0, 0.05) is 13.3 Å². The maximum atomic E-state index is 10.4. The van der Waals surface area contributed by atoms with Crippen LogP contribution in [0.5, 0.6) is 0 Å². The molecule has 0 spiro atoms. The Balaban J connectivity index is 0. The lowest BCUT2D eigenvalue weighted by atomic mass is 10.1. The van der Waals surface area contributed by atoms with Gasteiger partial charge in [0.1, 0.15) is 0 Å². The molecule has 4 nitrogen and oxygen atoms in total. The number of unbranched alkanes of at least 4 members (excludes halogenated alkanes) is 5. The average molecular weight is 288 g/mol. The molecule has 1 unspecified atom stereocenters. The number of ether oxygens (including phenoxy) is 1. The third-order valence-electron chi connectivity index (χ3n) is 2.83. The lowest BCUT2D eigenvalue weighted by Gasteiger charge is -2.09. The Labute approximate surface area is 123 Å². The van der Waals surface area contributed by atoms with Crippen molar-refractivity contribution in [2.75, 3.05) is 0 Å². The number of hydrogen-bond donors (Lipinski definition) is 1. The van der Waals surface area contributed by atoms with Crippen LogP contribution in [0.2, 0.25) is 0 Å². The van der Waals surface area contributed by atoms with E-state index in [4.69, 9.17) is 9.84 Å². The molecule has 0 aromatic rings. The number of rotatable bonds is 10. The molecule has 0 amide bonds. The van der Waals surface area contributed by atoms with E-state index in [1.165, 1.54) is 26.2 Å². The Morgan fingerprint density at radius 3 is 2.00 bits per heavy atom. The molecule has 4 heteroatoms. The third-order valence-corrected chi connectivity index (χ3v) is 2.83. The van der Waals surface area contributed by atoms with E-state index in [0.717, 1.165) is 32.1 Å². The van der Waals surface area contributed by atoms with Crippen molar-refractivity contribution in [2.45, 2.75) is 91.6 Å². The van der Waals surface area contributed by atoms with Crippen LogP contribution in [-0.4, -0.2) is 23.1 Å². The molecule has 0 heterocycles. The number of carboxylic acid groups (broad SMARTS) is 1. The Hall–Kier alpha value is -1.06. The lowest BCUT2D eigenvalue weighted by molar-refractivity contribution is -0.145. The molecule has 0 bridgehead atoms. The van der Waals surface area contributed by atoms with E-state index >= 15 is 0 Å². The van der Waals surface area contributed by atoms with Gasteiger partial charge < -0.3 is 9.84 Å². The standard InChI is InChI=1S/2C8H16O2/c1-4-5-6-7(2)10-8(3)9;1-2-3-4-5-6-7-8(9)10/h7H,4-6H2,1-3H3;2-7H2,1H3,(H,9,10). The molecule has 0 aromatic carbocycles. The van der Waals surface area contributed by atoms with Gasteiger partial charge >= 0.3 is 11.9 Å². The van der Waals surface area contributed by atoms with Crippen LogP contribution in [0.1, 0.15) is 85.5 Å². The Morgan fingerprint density at radius 2 is 1.55 bits per heavy atom. The van der Waals surface area contributed by atoms with Crippen LogP contribution >= 0.6 is 0 Å². The molecule has 0 radical (unpaired) electrons. The minimum Gasteiger partial charge on any atom is -0.481 e.